The molecule has 0 saturated heterocycles. The molecule has 0 radical (unpaired) electrons. The number of benzene rings is 1. The molecule has 0 aliphatic carbocycles. The lowest BCUT2D eigenvalue weighted by atomic mass is 10.2. The fourth-order valence-corrected chi connectivity index (χ4v) is 1.36. The molecule has 0 spiro atoms. The van der Waals surface area contributed by atoms with Gasteiger partial charge in [0, 0.05) is 0 Å². The molecule has 0 bridgehead atoms. The minimum Gasteiger partial charge on any atom is -0.465 e. The molecule has 16 heavy (non-hydrogen) atoms. The highest BCUT2D eigenvalue weighted by Crippen LogP contribution is 2.14. The molecule has 0 aliphatic heterocycles. The SMILES string of the molecule is CCc1ccc(OC(C)OCC(C)C)cc1. The topological polar surface area (TPSA) is 18.5 Å². The zero-order valence-electron chi connectivity index (χ0n) is 10.7. The van der Waals surface area contributed by atoms with E-state index in [4.69, 9.17) is 9.47 Å². The van der Waals surface area contributed by atoms with Crippen LogP contribution in [0.1, 0.15) is 33.3 Å². The molecule has 0 amide bonds. The molecule has 1 atom stereocenters. The van der Waals surface area contributed by atoms with Crippen molar-refractivity contribution in [2.75, 3.05) is 6.61 Å². The Balaban J connectivity index is 2.40. The van der Waals surface area contributed by atoms with Gasteiger partial charge in [0.25, 0.3) is 0 Å². The predicted molar refractivity (Wildman–Crippen MR) is 66.7 cm³/mol. The number of rotatable bonds is 6. The van der Waals surface area contributed by atoms with Crippen molar-refractivity contribution in [3.8, 4) is 5.75 Å². The van der Waals surface area contributed by atoms with E-state index in [-0.39, 0.29) is 6.29 Å². The Morgan fingerprint density at radius 2 is 1.69 bits per heavy atom. The molecule has 1 unspecified atom stereocenters. The molecule has 1 rings (SSSR count). The quantitative estimate of drug-likeness (QED) is 0.684. The van der Waals surface area contributed by atoms with E-state index in [1.54, 1.807) is 0 Å². The van der Waals surface area contributed by atoms with Crippen molar-refractivity contribution in [2.24, 2.45) is 5.92 Å². The summed E-state index contributed by atoms with van der Waals surface area (Å²) in [6.45, 7) is 9.06. The summed E-state index contributed by atoms with van der Waals surface area (Å²) >= 11 is 0. The third-order valence-electron chi connectivity index (χ3n) is 2.30. The Morgan fingerprint density at radius 3 is 2.19 bits per heavy atom. The molecular formula is C14H22O2. The first-order chi connectivity index (χ1) is 7.61. The van der Waals surface area contributed by atoms with Crippen LogP contribution in [0.15, 0.2) is 24.3 Å². The number of ether oxygens (including phenoxy) is 2. The highest BCUT2D eigenvalue weighted by atomic mass is 16.7. The largest absolute Gasteiger partial charge is 0.465 e. The van der Waals surface area contributed by atoms with Crippen LogP contribution in [0.2, 0.25) is 0 Å². The summed E-state index contributed by atoms with van der Waals surface area (Å²) in [5.74, 6) is 1.40. The molecule has 2 heteroatoms. The lowest BCUT2D eigenvalue weighted by molar-refractivity contribution is -0.0755. The molecule has 0 aliphatic rings. The Kier molecular flexibility index (Phi) is 5.33. The van der Waals surface area contributed by atoms with Crippen molar-refractivity contribution in [1.82, 2.24) is 0 Å². The van der Waals surface area contributed by atoms with Gasteiger partial charge in [-0.25, -0.2) is 0 Å². The number of hydrogen-bond donors (Lipinski definition) is 0. The minimum atomic E-state index is -0.185. The second-order valence-electron chi connectivity index (χ2n) is 4.41. The highest BCUT2D eigenvalue weighted by molar-refractivity contribution is 5.27. The third-order valence-corrected chi connectivity index (χ3v) is 2.30. The average Bonchev–Trinajstić information content (AvgIpc) is 2.27. The lowest BCUT2D eigenvalue weighted by Gasteiger charge is -2.16. The molecule has 0 heterocycles. The van der Waals surface area contributed by atoms with Gasteiger partial charge in [0.05, 0.1) is 6.61 Å². The van der Waals surface area contributed by atoms with Crippen LogP contribution >= 0.6 is 0 Å². The van der Waals surface area contributed by atoms with E-state index in [0.29, 0.717) is 5.92 Å². The van der Waals surface area contributed by atoms with Crippen molar-refractivity contribution in [3.63, 3.8) is 0 Å². The Bertz CT molecular complexity index is 290. The maximum atomic E-state index is 5.64. The molecule has 0 fully saturated rings. The van der Waals surface area contributed by atoms with Crippen LogP contribution in [0.3, 0.4) is 0 Å². The summed E-state index contributed by atoms with van der Waals surface area (Å²) in [6, 6.07) is 8.16. The van der Waals surface area contributed by atoms with Crippen LogP contribution < -0.4 is 4.74 Å². The summed E-state index contributed by atoms with van der Waals surface area (Å²) in [5, 5.41) is 0. The predicted octanol–water partition coefficient (Wildman–Crippen LogP) is 3.65. The van der Waals surface area contributed by atoms with Gasteiger partial charge < -0.3 is 9.47 Å². The normalized spacial score (nSPS) is 12.8. The van der Waals surface area contributed by atoms with Crippen LogP contribution in [-0.2, 0) is 11.2 Å². The standard InChI is InChI=1S/C14H22O2/c1-5-13-6-8-14(9-7-13)16-12(4)15-10-11(2)3/h6-9,11-12H,5,10H2,1-4H3. The van der Waals surface area contributed by atoms with Crippen molar-refractivity contribution in [1.29, 1.82) is 0 Å². The van der Waals surface area contributed by atoms with E-state index < -0.39 is 0 Å². The summed E-state index contributed by atoms with van der Waals surface area (Å²) < 4.78 is 11.2. The first kappa shape index (κ1) is 13.0. The second kappa shape index (κ2) is 6.54. The Hall–Kier alpha value is -1.02. The zero-order valence-corrected chi connectivity index (χ0v) is 10.7. The Morgan fingerprint density at radius 1 is 1.06 bits per heavy atom. The van der Waals surface area contributed by atoms with Gasteiger partial charge in [0.15, 0.2) is 6.29 Å². The van der Waals surface area contributed by atoms with Crippen molar-refractivity contribution in [2.45, 2.75) is 40.4 Å². The maximum absolute atomic E-state index is 5.64. The lowest BCUT2D eigenvalue weighted by Crippen LogP contribution is -2.18. The minimum absolute atomic E-state index is 0.185. The second-order valence-corrected chi connectivity index (χ2v) is 4.41. The van der Waals surface area contributed by atoms with Gasteiger partial charge in [-0.05, 0) is 37.0 Å². The van der Waals surface area contributed by atoms with E-state index in [9.17, 15) is 0 Å². The highest BCUT2D eigenvalue weighted by Gasteiger charge is 2.05. The zero-order chi connectivity index (χ0) is 12.0. The summed E-state index contributed by atoms with van der Waals surface area (Å²) in [4.78, 5) is 0. The first-order valence-electron chi connectivity index (χ1n) is 5.99. The van der Waals surface area contributed by atoms with Gasteiger partial charge in [0.1, 0.15) is 5.75 Å². The van der Waals surface area contributed by atoms with E-state index in [1.807, 2.05) is 19.1 Å². The summed E-state index contributed by atoms with van der Waals surface area (Å²) in [5.41, 5.74) is 1.32. The smallest absolute Gasteiger partial charge is 0.196 e. The molecule has 1 aromatic carbocycles. The van der Waals surface area contributed by atoms with Gasteiger partial charge in [-0.1, -0.05) is 32.9 Å². The van der Waals surface area contributed by atoms with Crippen molar-refractivity contribution < 1.29 is 9.47 Å². The molecule has 90 valence electrons. The van der Waals surface area contributed by atoms with Gasteiger partial charge in [-0.3, -0.25) is 0 Å². The van der Waals surface area contributed by atoms with Crippen LogP contribution in [0, 0.1) is 5.92 Å². The van der Waals surface area contributed by atoms with E-state index >= 15 is 0 Å². The molecular weight excluding hydrogens is 200 g/mol. The van der Waals surface area contributed by atoms with E-state index in [1.165, 1.54) is 5.56 Å². The summed E-state index contributed by atoms with van der Waals surface area (Å²) in [6.07, 6.45) is 0.870. The molecule has 0 aromatic heterocycles. The van der Waals surface area contributed by atoms with Gasteiger partial charge >= 0.3 is 0 Å². The third kappa shape index (κ3) is 4.67. The summed E-state index contributed by atoms with van der Waals surface area (Å²) in [7, 11) is 0. The molecule has 0 N–H and O–H groups in total. The molecule has 0 saturated carbocycles. The Labute approximate surface area is 98.6 Å². The first-order valence-corrected chi connectivity index (χ1v) is 5.99. The van der Waals surface area contributed by atoms with Gasteiger partial charge in [-0.15, -0.1) is 0 Å². The van der Waals surface area contributed by atoms with Crippen molar-refractivity contribution in [3.05, 3.63) is 29.8 Å². The van der Waals surface area contributed by atoms with Gasteiger partial charge in [-0.2, -0.15) is 0 Å². The molecule has 2 nitrogen and oxygen atoms in total. The fourth-order valence-electron chi connectivity index (χ4n) is 1.36. The van der Waals surface area contributed by atoms with E-state index in [0.717, 1.165) is 18.8 Å². The monoisotopic (exact) mass is 222 g/mol. The average molecular weight is 222 g/mol. The van der Waals surface area contributed by atoms with Crippen LogP contribution in [0.4, 0.5) is 0 Å². The molecule has 1 aromatic rings. The van der Waals surface area contributed by atoms with E-state index in [2.05, 4.69) is 32.9 Å². The van der Waals surface area contributed by atoms with Crippen LogP contribution in [-0.4, -0.2) is 12.9 Å². The maximum Gasteiger partial charge on any atom is 0.196 e. The number of aryl methyl sites for hydroxylation is 1. The fraction of sp³-hybridized carbons (Fsp3) is 0.571. The van der Waals surface area contributed by atoms with Crippen LogP contribution in [0.5, 0.6) is 5.75 Å². The van der Waals surface area contributed by atoms with Gasteiger partial charge in [0.2, 0.25) is 0 Å². The van der Waals surface area contributed by atoms with Crippen LogP contribution in [0.25, 0.3) is 0 Å². The van der Waals surface area contributed by atoms with Crippen molar-refractivity contribution >= 4 is 0 Å². The number of hydrogen-bond acceptors (Lipinski definition) is 2.